The van der Waals surface area contributed by atoms with E-state index in [9.17, 15) is 19.3 Å². The third-order valence-corrected chi connectivity index (χ3v) is 3.61. The molecular formula is C13H15FN2O4. The number of benzene rings is 1. The Morgan fingerprint density at radius 3 is 2.65 bits per heavy atom. The van der Waals surface area contributed by atoms with Gasteiger partial charge >= 0.3 is 5.97 Å². The Morgan fingerprint density at radius 1 is 1.45 bits per heavy atom. The fourth-order valence-electron chi connectivity index (χ4n) is 2.74. The Balaban J connectivity index is 2.33. The first-order valence-electron chi connectivity index (χ1n) is 6.36. The number of halogens is 1. The van der Waals surface area contributed by atoms with Gasteiger partial charge < -0.3 is 10.4 Å². The average molecular weight is 282 g/mol. The zero-order chi connectivity index (χ0) is 14.8. The van der Waals surface area contributed by atoms with Crippen molar-refractivity contribution in [2.45, 2.75) is 37.6 Å². The van der Waals surface area contributed by atoms with Crippen LogP contribution in [0.15, 0.2) is 18.2 Å². The van der Waals surface area contributed by atoms with Gasteiger partial charge in [-0.15, -0.1) is 0 Å². The summed E-state index contributed by atoms with van der Waals surface area (Å²) in [4.78, 5) is 21.3. The lowest BCUT2D eigenvalue weighted by molar-refractivity contribution is -0.384. The minimum absolute atomic E-state index is 0.0400. The number of anilines is 1. The highest BCUT2D eigenvalue weighted by molar-refractivity contribution is 5.71. The number of carbonyl (C=O) groups is 1. The molecule has 108 valence electrons. The topological polar surface area (TPSA) is 92.5 Å². The summed E-state index contributed by atoms with van der Waals surface area (Å²) >= 11 is 0. The van der Waals surface area contributed by atoms with Gasteiger partial charge in [0.15, 0.2) is 0 Å². The molecule has 0 aromatic heterocycles. The number of carboxylic acid groups (broad SMARTS) is 1. The monoisotopic (exact) mass is 282 g/mol. The van der Waals surface area contributed by atoms with Crippen LogP contribution in [0.2, 0.25) is 0 Å². The largest absolute Gasteiger partial charge is 0.481 e. The van der Waals surface area contributed by atoms with Crippen molar-refractivity contribution in [2.24, 2.45) is 0 Å². The fourth-order valence-corrected chi connectivity index (χ4v) is 2.74. The summed E-state index contributed by atoms with van der Waals surface area (Å²) in [6, 6.07) is 3.14. The first-order valence-corrected chi connectivity index (χ1v) is 6.36. The van der Waals surface area contributed by atoms with Crippen molar-refractivity contribution in [1.82, 2.24) is 0 Å². The first kappa shape index (κ1) is 14.2. The van der Waals surface area contributed by atoms with Crippen molar-refractivity contribution in [3.8, 4) is 0 Å². The molecule has 0 atom stereocenters. The average Bonchev–Trinajstić information content (AvgIpc) is 2.75. The molecule has 0 aliphatic heterocycles. The normalized spacial score (nSPS) is 16.9. The minimum atomic E-state index is -0.974. The molecule has 1 aromatic carbocycles. The van der Waals surface area contributed by atoms with Crippen LogP contribution in [0.5, 0.6) is 0 Å². The zero-order valence-electron chi connectivity index (χ0n) is 10.8. The Bertz CT molecular complexity index is 541. The molecule has 0 radical (unpaired) electrons. The number of nitrogens with one attached hydrogen (secondary N) is 1. The van der Waals surface area contributed by atoms with Crippen molar-refractivity contribution in [3.05, 3.63) is 34.1 Å². The van der Waals surface area contributed by atoms with Crippen LogP contribution in [-0.4, -0.2) is 21.5 Å². The fraction of sp³-hybridized carbons (Fsp3) is 0.462. The number of hydrogen-bond donors (Lipinski definition) is 2. The Labute approximate surface area is 114 Å². The highest BCUT2D eigenvalue weighted by Gasteiger charge is 2.37. The van der Waals surface area contributed by atoms with E-state index >= 15 is 0 Å². The number of hydrogen-bond acceptors (Lipinski definition) is 4. The lowest BCUT2D eigenvalue weighted by Crippen LogP contribution is -2.37. The maximum Gasteiger partial charge on any atom is 0.305 e. The van der Waals surface area contributed by atoms with Crippen molar-refractivity contribution in [2.75, 3.05) is 5.32 Å². The van der Waals surface area contributed by atoms with Crippen LogP contribution in [0.25, 0.3) is 0 Å². The summed E-state index contributed by atoms with van der Waals surface area (Å²) in [7, 11) is 0. The third-order valence-electron chi connectivity index (χ3n) is 3.61. The van der Waals surface area contributed by atoms with Crippen LogP contribution >= 0.6 is 0 Å². The smallest absolute Gasteiger partial charge is 0.305 e. The molecule has 1 saturated carbocycles. The molecule has 20 heavy (non-hydrogen) atoms. The highest BCUT2D eigenvalue weighted by atomic mass is 19.1. The number of aliphatic carboxylic acids is 1. The molecule has 1 aromatic rings. The molecule has 0 amide bonds. The first-order chi connectivity index (χ1) is 9.42. The van der Waals surface area contributed by atoms with Crippen molar-refractivity contribution >= 4 is 17.3 Å². The van der Waals surface area contributed by atoms with Gasteiger partial charge in [-0.2, -0.15) is 0 Å². The molecule has 7 heteroatoms. The van der Waals surface area contributed by atoms with Gasteiger partial charge in [0.2, 0.25) is 0 Å². The van der Waals surface area contributed by atoms with Gasteiger partial charge in [-0.1, -0.05) is 12.8 Å². The lowest BCUT2D eigenvalue weighted by atomic mass is 9.92. The van der Waals surface area contributed by atoms with Gasteiger partial charge in [0.25, 0.3) is 5.69 Å². The maximum absolute atomic E-state index is 13.3. The summed E-state index contributed by atoms with van der Waals surface area (Å²) in [6.45, 7) is 0. The van der Waals surface area contributed by atoms with Crippen LogP contribution in [0.1, 0.15) is 32.1 Å². The van der Waals surface area contributed by atoms with E-state index in [1.165, 1.54) is 0 Å². The van der Waals surface area contributed by atoms with Gasteiger partial charge in [-0.25, -0.2) is 4.39 Å². The SMILES string of the molecule is O=C(O)CC1(Nc2cc(F)ccc2[N+](=O)[O-])CCCC1. The highest BCUT2D eigenvalue weighted by Crippen LogP contribution is 2.38. The third kappa shape index (κ3) is 3.04. The standard InChI is InChI=1S/C13H15FN2O4/c14-9-3-4-11(16(19)20)10(7-9)15-13(8-12(17)18)5-1-2-6-13/h3-4,7,15H,1-2,5-6,8H2,(H,17,18). The van der Waals surface area contributed by atoms with Gasteiger partial charge in [-0.3, -0.25) is 14.9 Å². The van der Waals surface area contributed by atoms with Crippen molar-refractivity contribution in [1.29, 1.82) is 0 Å². The van der Waals surface area contributed by atoms with Gasteiger partial charge in [0.05, 0.1) is 11.3 Å². The molecule has 6 nitrogen and oxygen atoms in total. The molecule has 0 spiro atoms. The molecule has 0 unspecified atom stereocenters. The predicted octanol–water partition coefficient (Wildman–Crippen LogP) is 2.93. The molecule has 0 bridgehead atoms. The number of rotatable bonds is 5. The summed E-state index contributed by atoms with van der Waals surface area (Å²) in [6.07, 6.45) is 2.77. The van der Waals surface area contributed by atoms with Crippen LogP contribution < -0.4 is 5.32 Å². The maximum atomic E-state index is 13.3. The molecule has 0 saturated heterocycles. The van der Waals surface area contributed by atoms with Crippen LogP contribution in [0.3, 0.4) is 0 Å². The van der Waals surface area contributed by atoms with E-state index in [2.05, 4.69) is 5.32 Å². The quantitative estimate of drug-likeness (QED) is 0.639. The van der Waals surface area contributed by atoms with Gasteiger partial charge in [-0.05, 0) is 18.9 Å². The number of nitro benzene ring substituents is 1. The van der Waals surface area contributed by atoms with E-state index in [0.29, 0.717) is 12.8 Å². The Morgan fingerprint density at radius 2 is 2.10 bits per heavy atom. The van der Waals surface area contributed by atoms with Gasteiger partial charge in [0.1, 0.15) is 11.5 Å². The van der Waals surface area contributed by atoms with E-state index in [4.69, 9.17) is 5.11 Å². The number of nitro groups is 1. The van der Waals surface area contributed by atoms with E-state index in [0.717, 1.165) is 31.0 Å². The van der Waals surface area contributed by atoms with Crippen molar-refractivity contribution in [3.63, 3.8) is 0 Å². The molecule has 0 heterocycles. The van der Waals surface area contributed by atoms with Crippen LogP contribution in [-0.2, 0) is 4.79 Å². The van der Waals surface area contributed by atoms with E-state index in [-0.39, 0.29) is 17.8 Å². The second-order valence-electron chi connectivity index (χ2n) is 5.10. The molecular weight excluding hydrogens is 267 g/mol. The van der Waals surface area contributed by atoms with Crippen LogP contribution in [0, 0.1) is 15.9 Å². The predicted molar refractivity (Wildman–Crippen MR) is 70.1 cm³/mol. The zero-order valence-corrected chi connectivity index (χ0v) is 10.8. The summed E-state index contributed by atoms with van der Waals surface area (Å²) < 4.78 is 13.3. The van der Waals surface area contributed by atoms with E-state index in [1.54, 1.807) is 0 Å². The summed E-state index contributed by atoms with van der Waals surface area (Å²) in [5, 5.41) is 22.9. The number of carboxylic acids is 1. The second kappa shape index (κ2) is 5.44. The Hall–Kier alpha value is -2.18. The lowest BCUT2D eigenvalue weighted by Gasteiger charge is -2.29. The van der Waals surface area contributed by atoms with Gasteiger partial charge in [0, 0.05) is 17.7 Å². The summed E-state index contributed by atoms with van der Waals surface area (Å²) in [5.74, 6) is -1.57. The Kier molecular flexibility index (Phi) is 3.87. The summed E-state index contributed by atoms with van der Waals surface area (Å²) in [5.41, 5.74) is -0.939. The number of nitrogens with zero attached hydrogens (tertiary/aromatic N) is 1. The van der Waals surface area contributed by atoms with E-state index < -0.39 is 22.2 Å². The second-order valence-corrected chi connectivity index (χ2v) is 5.10. The molecule has 1 aliphatic carbocycles. The van der Waals surface area contributed by atoms with Crippen LogP contribution in [0.4, 0.5) is 15.8 Å². The molecule has 2 rings (SSSR count). The minimum Gasteiger partial charge on any atom is -0.481 e. The van der Waals surface area contributed by atoms with Crippen molar-refractivity contribution < 1.29 is 19.2 Å². The molecule has 2 N–H and O–H groups in total. The molecule has 1 fully saturated rings. The molecule has 1 aliphatic rings. The van der Waals surface area contributed by atoms with E-state index in [1.807, 2.05) is 0 Å².